The van der Waals surface area contributed by atoms with Crippen molar-refractivity contribution in [3.8, 4) is 11.5 Å². The number of methoxy groups -OCH3 is 2. The third-order valence-electron chi connectivity index (χ3n) is 2.68. The highest BCUT2D eigenvalue weighted by Crippen LogP contribution is 2.25. The van der Waals surface area contributed by atoms with E-state index in [9.17, 15) is 0 Å². The zero-order valence-corrected chi connectivity index (χ0v) is 11.7. The molecule has 0 saturated carbocycles. The Bertz CT molecular complexity index is 570. The van der Waals surface area contributed by atoms with Gasteiger partial charge in [-0.2, -0.15) is 0 Å². The van der Waals surface area contributed by atoms with E-state index in [4.69, 9.17) is 21.7 Å². The summed E-state index contributed by atoms with van der Waals surface area (Å²) >= 11 is 5.40. The molecule has 0 spiro atoms. The maximum atomic E-state index is 5.40. The molecule has 1 N–H and O–H groups in total. The molecule has 0 aliphatic rings. The summed E-state index contributed by atoms with van der Waals surface area (Å²) in [5.41, 5.74) is 1.78. The van der Waals surface area contributed by atoms with E-state index in [0.29, 0.717) is 10.7 Å². The first-order valence-corrected chi connectivity index (χ1v) is 6.24. The number of thiocarbonyl (C=S) groups is 1. The minimum absolute atomic E-state index is 0.616. The Labute approximate surface area is 118 Å². The zero-order chi connectivity index (χ0) is 13.7. The van der Waals surface area contributed by atoms with Gasteiger partial charge in [-0.1, -0.05) is 30.4 Å². The van der Waals surface area contributed by atoms with Crippen LogP contribution in [0.25, 0.3) is 0 Å². The van der Waals surface area contributed by atoms with Crippen LogP contribution in [0.1, 0.15) is 5.56 Å². The number of rotatable bonds is 4. The molecule has 2 rings (SSSR count). The van der Waals surface area contributed by atoms with Crippen molar-refractivity contribution >= 4 is 22.9 Å². The van der Waals surface area contributed by atoms with E-state index >= 15 is 0 Å². The van der Waals surface area contributed by atoms with Crippen molar-refractivity contribution in [1.29, 1.82) is 0 Å². The van der Waals surface area contributed by atoms with Gasteiger partial charge in [0.25, 0.3) is 0 Å². The highest BCUT2D eigenvalue weighted by molar-refractivity contribution is 7.81. The molecular weight excluding hydrogens is 258 g/mol. The van der Waals surface area contributed by atoms with E-state index in [1.165, 1.54) is 0 Å². The van der Waals surface area contributed by atoms with Crippen molar-refractivity contribution < 1.29 is 9.47 Å². The largest absolute Gasteiger partial charge is 0.497 e. The summed E-state index contributed by atoms with van der Waals surface area (Å²) in [6.07, 6.45) is 0. The van der Waals surface area contributed by atoms with Crippen molar-refractivity contribution in [2.75, 3.05) is 19.5 Å². The van der Waals surface area contributed by atoms with Crippen LogP contribution >= 0.6 is 12.2 Å². The molecule has 0 atom stereocenters. The number of anilines is 1. The molecule has 19 heavy (non-hydrogen) atoms. The van der Waals surface area contributed by atoms with Crippen molar-refractivity contribution in [3.05, 3.63) is 54.1 Å². The zero-order valence-electron chi connectivity index (χ0n) is 10.8. The second-order valence-electron chi connectivity index (χ2n) is 3.89. The Kier molecular flexibility index (Phi) is 4.36. The maximum absolute atomic E-state index is 5.40. The fourth-order valence-electron chi connectivity index (χ4n) is 1.71. The van der Waals surface area contributed by atoms with Crippen LogP contribution in [0.4, 0.5) is 5.69 Å². The molecule has 0 radical (unpaired) electrons. The Hall–Kier alpha value is -2.07. The molecule has 2 aromatic rings. The quantitative estimate of drug-likeness (QED) is 0.864. The number of hydrogen-bond donors (Lipinski definition) is 1. The molecule has 0 bridgehead atoms. The van der Waals surface area contributed by atoms with Crippen LogP contribution in [0, 0.1) is 0 Å². The second kappa shape index (κ2) is 6.20. The molecule has 0 unspecified atom stereocenters. The van der Waals surface area contributed by atoms with Gasteiger partial charge in [0.15, 0.2) is 0 Å². The predicted octanol–water partition coefficient (Wildman–Crippen LogP) is 3.49. The minimum Gasteiger partial charge on any atom is -0.497 e. The first-order valence-electron chi connectivity index (χ1n) is 5.83. The number of nitrogens with one attached hydrogen (secondary N) is 1. The molecule has 0 aliphatic carbocycles. The fraction of sp³-hybridized carbons (Fsp3) is 0.133. The van der Waals surface area contributed by atoms with Crippen molar-refractivity contribution in [1.82, 2.24) is 0 Å². The first-order chi connectivity index (χ1) is 9.24. The van der Waals surface area contributed by atoms with E-state index in [-0.39, 0.29) is 0 Å². The Morgan fingerprint density at radius 2 is 1.74 bits per heavy atom. The second-order valence-corrected chi connectivity index (χ2v) is 4.29. The maximum Gasteiger partial charge on any atom is 0.132 e. The smallest absolute Gasteiger partial charge is 0.132 e. The van der Waals surface area contributed by atoms with Crippen LogP contribution in [-0.2, 0) is 0 Å². The lowest BCUT2D eigenvalue weighted by atomic mass is 10.2. The summed E-state index contributed by atoms with van der Waals surface area (Å²) in [6.45, 7) is 0. The van der Waals surface area contributed by atoms with Crippen molar-refractivity contribution in [3.63, 3.8) is 0 Å². The standard InChI is InChI=1S/C15H15NO2S/c1-17-12-8-9-13(14(10-12)18-2)15(19)16-11-6-4-3-5-7-11/h3-10H,1-2H3,(H,16,19). The van der Waals surface area contributed by atoms with Crippen LogP contribution in [0.2, 0.25) is 0 Å². The minimum atomic E-state index is 0.616. The Morgan fingerprint density at radius 3 is 2.37 bits per heavy atom. The molecule has 0 fully saturated rings. The van der Waals surface area contributed by atoms with Gasteiger partial charge in [0.2, 0.25) is 0 Å². The number of para-hydroxylation sites is 1. The molecule has 0 heterocycles. The predicted molar refractivity (Wildman–Crippen MR) is 81.3 cm³/mol. The lowest BCUT2D eigenvalue weighted by molar-refractivity contribution is 0.394. The van der Waals surface area contributed by atoms with E-state index in [2.05, 4.69) is 5.32 Å². The molecule has 2 aromatic carbocycles. The molecule has 4 heteroatoms. The van der Waals surface area contributed by atoms with Crippen LogP contribution in [0.5, 0.6) is 11.5 Å². The molecule has 0 aromatic heterocycles. The highest BCUT2D eigenvalue weighted by Gasteiger charge is 2.10. The Balaban J connectivity index is 2.24. The topological polar surface area (TPSA) is 30.5 Å². The highest BCUT2D eigenvalue weighted by atomic mass is 32.1. The summed E-state index contributed by atoms with van der Waals surface area (Å²) in [5, 5.41) is 3.18. The first kappa shape index (κ1) is 13.4. The summed E-state index contributed by atoms with van der Waals surface area (Å²) in [7, 11) is 3.23. The summed E-state index contributed by atoms with van der Waals surface area (Å²) < 4.78 is 10.5. The van der Waals surface area contributed by atoms with E-state index in [1.54, 1.807) is 14.2 Å². The Morgan fingerprint density at radius 1 is 1.00 bits per heavy atom. The molecule has 98 valence electrons. The number of hydrogen-bond acceptors (Lipinski definition) is 3. The molecule has 0 amide bonds. The third-order valence-corrected chi connectivity index (χ3v) is 3.01. The number of benzene rings is 2. The van der Waals surface area contributed by atoms with Gasteiger partial charge >= 0.3 is 0 Å². The van der Waals surface area contributed by atoms with Gasteiger partial charge in [-0.15, -0.1) is 0 Å². The van der Waals surface area contributed by atoms with Gasteiger partial charge in [-0.25, -0.2) is 0 Å². The molecule has 3 nitrogen and oxygen atoms in total. The van der Waals surface area contributed by atoms with Gasteiger partial charge in [-0.05, 0) is 24.3 Å². The van der Waals surface area contributed by atoms with Gasteiger partial charge in [0, 0.05) is 11.8 Å². The van der Waals surface area contributed by atoms with Gasteiger partial charge in [0.1, 0.15) is 16.5 Å². The monoisotopic (exact) mass is 273 g/mol. The van der Waals surface area contributed by atoms with Crippen molar-refractivity contribution in [2.24, 2.45) is 0 Å². The van der Waals surface area contributed by atoms with E-state index in [1.807, 2.05) is 48.5 Å². The lowest BCUT2D eigenvalue weighted by Crippen LogP contribution is -2.11. The van der Waals surface area contributed by atoms with E-state index < -0.39 is 0 Å². The molecular formula is C15H15NO2S. The summed E-state index contributed by atoms with van der Waals surface area (Å²) in [4.78, 5) is 0.616. The summed E-state index contributed by atoms with van der Waals surface area (Å²) in [6, 6.07) is 15.3. The van der Waals surface area contributed by atoms with Gasteiger partial charge < -0.3 is 14.8 Å². The van der Waals surface area contributed by atoms with Crippen LogP contribution < -0.4 is 14.8 Å². The summed E-state index contributed by atoms with van der Waals surface area (Å²) in [5.74, 6) is 1.43. The molecule has 0 aliphatic heterocycles. The molecule has 0 saturated heterocycles. The van der Waals surface area contributed by atoms with Crippen LogP contribution in [0.15, 0.2) is 48.5 Å². The number of ether oxygens (including phenoxy) is 2. The normalized spacial score (nSPS) is 9.79. The SMILES string of the molecule is COc1ccc(C(=S)Nc2ccccc2)c(OC)c1. The van der Waals surface area contributed by atoms with Crippen LogP contribution in [-0.4, -0.2) is 19.2 Å². The van der Waals surface area contributed by atoms with E-state index in [0.717, 1.165) is 17.0 Å². The van der Waals surface area contributed by atoms with Gasteiger partial charge in [-0.3, -0.25) is 0 Å². The average Bonchev–Trinajstić information content (AvgIpc) is 2.47. The average molecular weight is 273 g/mol. The van der Waals surface area contributed by atoms with Crippen LogP contribution in [0.3, 0.4) is 0 Å². The van der Waals surface area contributed by atoms with Gasteiger partial charge in [0.05, 0.1) is 19.8 Å². The lowest BCUT2D eigenvalue weighted by Gasteiger charge is -2.13. The third kappa shape index (κ3) is 3.23. The fourth-order valence-corrected chi connectivity index (χ4v) is 1.99. The van der Waals surface area contributed by atoms with Crippen molar-refractivity contribution in [2.45, 2.75) is 0 Å².